The van der Waals surface area contributed by atoms with Gasteiger partial charge < -0.3 is 14.4 Å². The predicted molar refractivity (Wildman–Crippen MR) is 133 cm³/mol. The predicted octanol–water partition coefficient (Wildman–Crippen LogP) is 3.55. The van der Waals surface area contributed by atoms with E-state index in [0.717, 1.165) is 23.8 Å². The Kier molecular flexibility index (Phi) is 6.95. The monoisotopic (exact) mass is 531 g/mol. The molecule has 2 aromatic heterocycles. The normalized spacial score (nSPS) is 18.8. The number of hydrogen-bond donors (Lipinski definition) is 1. The number of rotatable bonds is 8. The Morgan fingerprint density at radius 2 is 2.08 bits per heavy atom. The van der Waals surface area contributed by atoms with Crippen LogP contribution >= 0.6 is 11.3 Å². The molecule has 1 saturated heterocycles. The van der Waals surface area contributed by atoms with Crippen LogP contribution in [-0.4, -0.2) is 57.7 Å². The minimum atomic E-state index is -0.738. The molecule has 5 rings (SSSR count). The van der Waals surface area contributed by atoms with Crippen LogP contribution in [-0.2, 0) is 11.2 Å². The van der Waals surface area contributed by atoms with Crippen molar-refractivity contribution in [3.05, 3.63) is 62.5 Å². The van der Waals surface area contributed by atoms with Crippen molar-refractivity contribution >= 4 is 17.2 Å². The first kappa shape index (κ1) is 25.3. The number of amides is 1. The van der Waals surface area contributed by atoms with Crippen molar-refractivity contribution in [3.8, 4) is 16.3 Å². The number of carbonyl (C=O) groups is 1. The largest absolute Gasteiger partial charge is 0.487 e. The van der Waals surface area contributed by atoms with Crippen LogP contribution < -0.4 is 15.6 Å². The van der Waals surface area contributed by atoms with Crippen molar-refractivity contribution in [2.24, 2.45) is 0 Å². The lowest BCUT2D eigenvalue weighted by atomic mass is 10.0. The second kappa shape index (κ2) is 10.2. The Morgan fingerprint density at radius 1 is 1.24 bits per heavy atom. The molecule has 9 nitrogen and oxygen atoms in total. The number of nitrogens with one attached hydrogen (secondary N) is 1. The van der Waals surface area contributed by atoms with Crippen LogP contribution in [0.2, 0.25) is 0 Å². The molecule has 1 amide bonds. The SMILES string of the molecule is CCCCOc1c2n(cc(-c3nnc(Cc4ccc(F)cc4F)s3)c1=O)NC1(CCOC1)N(CC)C2=O. The number of ether oxygens (including phenoxy) is 2. The maximum Gasteiger partial charge on any atom is 0.278 e. The summed E-state index contributed by atoms with van der Waals surface area (Å²) in [6.45, 7) is 5.40. The number of carbonyl (C=O) groups excluding carboxylic acids is 1. The van der Waals surface area contributed by atoms with Gasteiger partial charge in [-0.3, -0.25) is 19.7 Å². The minimum Gasteiger partial charge on any atom is -0.487 e. The van der Waals surface area contributed by atoms with Crippen LogP contribution in [0.4, 0.5) is 8.78 Å². The maximum atomic E-state index is 14.2. The molecule has 0 bridgehead atoms. The molecule has 2 aliphatic rings. The lowest BCUT2D eigenvalue weighted by Gasteiger charge is -2.45. The highest BCUT2D eigenvalue weighted by Gasteiger charge is 2.48. The first-order chi connectivity index (χ1) is 17.9. The molecule has 1 unspecified atom stereocenters. The Hall–Kier alpha value is -3.38. The molecule has 1 N–H and O–H groups in total. The number of fused-ring (bicyclic) bond motifs is 1. The van der Waals surface area contributed by atoms with E-state index in [2.05, 4.69) is 15.6 Å². The minimum absolute atomic E-state index is 0.0444. The summed E-state index contributed by atoms with van der Waals surface area (Å²) in [5.74, 6) is -1.70. The molecule has 1 atom stereocenters. The van der Waals surface area contributed by atoms with Crippen molar-refractivity contribution in [1.29, 1.82) is 0 Å². The third-order valence-electron chi connectivity index (χ3n) is 6.57. The Bertz CT molecular complexity index is 1390. The number of benzene rings is 1. The molecule has 196 valence electrons. The van der Waals surface area contributed by atoms with Crippen LogP contribution in [0.1, 0.15) is 54.2 Å². The molecular weight excluding hydrogens is 504 g/mol. The van der Waals surface area contributed by atoms with Gasteiger partial charge in [0.15, 0.2) is 22.1 Å². The number of halogens is 2. The van der Waals surface area contributed by atoms with Crippen molar-refractivity contribution in [3.63, 3.8) is 0 Å². The second-order valence-corrected chi connectivity index (χ2v) is 10.1. The summed E-state index contributed by atoms with van der Waals surface area (Å²) in [4.78, 5) is 28.9. The number of unbranched alkanes of at least 4 members (excludes halogenated alkanes) is 1. The van der Waals surface area contributed by atoms with E-state index in [-0.39, 0.29) is 41.5 Å². The molecule has 3 aromatic rings. The van der Waals surface area contributed by atoms with Crippen LogP contribution in [0, 0.1) is 11.6 Å². The highest BCUT2D eigenvalue weighted by molar-refractivity contribution is 7.14. The summed E-state index contributed by atoms with van der Waals surface area (Å²) in [7, 11) is 0. The van der Waals surface area contributed by atoms with Crippen LogP contribution in [0.25, 0.3) is 10.6 Å². The van der Waals surface area contributed by atoms with Crippen LogP contribution in [0.5, 0.6) is 5.75 Å². The lowest BCUT2D eigenvalue weighted by molar-refractivity contribution is 0.0386. The Morgan fingerprint density at radius 3 is 2.78 bits per heavy atom. The van der Waals surface area contributed by atoms with E-state index in [9.17, 15) is 18.4 Å². The molecule has 1 aromatic carbocycles. The first-order valence-electron chi connectivity index (χ1n) is 12.2. The van der Waals surface area contributed by atoms with Gasteiger partial charge in [0.1, 0.15) is 16.6 Å². The number of nitrogens with zero attached hydrogens (tertiary/aromatic N) is 4. The lowest BCUT2D eigenvalue weighted by Crippen LogP contribution is -2.64. The third-order valence-corrected chi connectivity index (χ3v) is 7.53. The number of hydrogen-bond acceptors (Lipinski definition) is 8. The molecule has 0 radical (unpaired) electrons. The van der Waals surface area contributed by atoms with Gasteiger partial charge in [-0.2, -0.15) is 0 Å². The van der Waals surface area contributed by atoms with Gasteiger partial charge >= 0.3 is 0 Å². The first-order valence-corrected chi connectivity index (χ1v) is 13.1. The third kappa shape index (κ3) is 4.59. The molecule has 0 saturated carbocycles. The van der Waals surface area contributed by atoms with Crippen LogP contribution in [0.15, 0.2) is 29.2 Å². The van der Waals surface area contributed by atoms with E-state index >= 15 is 0 Å². The molecule has 4 heterocycles. The summed E-state index contributed by atoms with van der Waals surface area (Å²) >= 11 is 1.13. The van der Waals surface area contributed by atoms with E-state index in [1.165, 1.54) is 18.3 Å². The van der Waals surface area contributed by atoms with Gasteiger partial charge in [0.2, 0.25) is 5.43 Å². The van der Waals surface area contributed by atoms with E-state index < -0.39 is 22.7 Å². The van der Waals surface area contributed by atoms with E-state index in [0.29, 0.717) is 42.6 Å². The van der Waals surface area contributed by atoms with Crippen molar-refractivity contribution in [2.45, 2.75) is 45.2 Å². The van der Waals surface area contributed by atoms with Gasteiger partial charge in [-0.05, 0) is 25.0 Å². The Labute approximate surface area is 216 Å². The number of aromatic nitrogens is 3. The van der Waals surface area contributed by atoms with Crippen LogP contribution in [0.3, 0.4) is 0 Å². The van der Waals surface area contributed by atoms with E-state index in [1.54, 1.807) is 9.58 Å². The van der Waals surface area contributed by atoms with E-state index in [1.807, 2.05) is 13.8 Å². The maximum absolute atomic E-state index is 14.2. The highest BCUT2D eigenvalue weighted by Crippen LogP contribution is 2.34. The molecule has 1 spiro atoms. The number of pyridine rings is 1. The topological polar surface area (TPSA) is 98.6 Å². The Balaban J connectivity index is 1.57. The van der Waals surface area contributed by atoms with E-state index in [4.69, 9.17) is 9.47 Å². The average Bonchev–Trinajstić information content (AvgIpc) is 3.53. The summed E-state index contributed by atoms with van der Waals surface area (Å²) < 4.78 is 40.5. The van der Waals surface area contributed by atoms with Gasteiger partial charge in [-0.15, -0.1) is 10.2 Å². The van der Waals surface area contributed by atoms with Gasteiger partial charge in [-0.25, -0.2) is 8.78 Å². The fraction of sp³-hybridized carbons (Fsp3) is 0.440. The summed E-state index contributed by atoms with van der Waals surface area (Å²) in [6.07, 6.45) is 3.80. The molecule has 12 heteroatoms. The summed E-state index contributed by atoms with van der Waals surface area (Å²) in [5, 5.41) is 9.06. The zero-order chi connectivity index (χ0) is 26.2. The molecule has 0 aliphatic carbocycles. The van der Waals surface area contributed by atoms with Gasteiger partial charge in [-0.1, -0.05) is 30.7 Å². The summed E-state index contributed by atoms with van der Waals surface area (Å²) in [6, 6.07) is 3.36. The second-order valence-electron chi connectivity index (χ2n) is 9.03. The number of likely N-dealkylation sites (N-methyl/N-ethyl adjacent to an activating group) is 1. The van der Waals surface area contributed by atoms with Crippen molar-refractivity contribution in [2.75, 3.05) is 31.8 Å². The standard InChI is InChI=1S/C25H27F2N5O4S/c1-3-5-9-36-22-20-24(34)31(4-2)25(8-10-35-14-25)30-32(20)13-17(21(22)33)23-29-28-19(37-23)11-15-6-7-16(26)12-18(15)27/h6-7,12-13,30H,3-5,8-11,14H2,1-2H3. The molecular formula is C25H27F2N5O4S. The molecule has 1 fully saturated rings. The zero-order valence-corrected chi connectivity index (χ0v) is 21.4. The fourth-order valence-corrected chi connectivity index (χ4v) is 5.52. The highest BCUT2D eigenvalue weighted by atomic mass is 32.1. The fourth-order valence-electron chi connectivity index (χ4n) is 4.65. The summed E-state index contributed by atoms with van der Waals surface area (Å²) in [5.41, 5.74) is 2.78. The average molecular weight is 532 g/mol. The van der Waals surface area contributed by atoms with Gasteiger partial charge in [0.25, 0.3) is 5.91 Å². The smallest absolute Gasteiger partial charge is 0.278 e. The quantitative estimate of drug-likeness (QED) is 0.444. The van der Waals surface area contributed by atoms with Crippen molar-refractivity contribution in [1.82, 2.24) is 19.8 Å². The van der Waals surface area contributed by atoms with Gasteiger partial charge in [0.05, 0.1) is 25.4 Å². The van der Waals surface area contributed by atoms with Crippen molar-refractivity contribution < 1.29 is 23.0 Å². The van der Waals surface area contributed by atoms with Gasteiger partial charge in [0, 0.05) is 31.6 Å². The zero-order valence-electron chi connectivity index (χ0n) is 20.6. The molecule has 2 aliphatic heterocycles. The molecule has 37 heavy (non-hydrogen) atoms.